The van der Waals surface area contributed by atoms with Crippen LogP contribution in [0.3, 0.4) is 0 Å². The van der Waals surface area contributed by atoms with Gasteiger partial charge in [0.05, 0.1) is 0 Å². The van der Waals surface area contributed by atoms with Crippen LogP contribution in [0.4, 0.5) is 8.78 Å². The van der Waals surface area contributed by atoms with E-state index in [1.165, 1.54) is 17.0 Å². The van der Waals surface area contributed by atoms with E-state index in [-0.39, 0.29) is 42.8 Å². The van der Waals surface area contributed by atoms with Gasteiger partial charge in [0.25, 0.3) is 11.8 Å². The zero-order valence-electron chi connectivity index (χ0n) is 17.6. The van der Waals surface area contributed by atoms with Gasteiger partial charge >= 0.3 is 5.92 Å². The third kappa shape index (κ3) is 4.35. The Morgan fingerprint density at radius 2 is 1.91 bits per heavy atom. The lowest BCUT2D eigenvalue weighted by atomic mass is 9.86. The average molecular weight is 474 g/mol. The number of hydrogen-bond donors (Lipinski definition) is 2. The van der Waals surface area contributed by atoms with Crippen molar-refractivity contribution in [2.45, 2.75) is 37.9 Å². The molecular formula is C22H19BClF2N3O4. The molecular weight excluding hydrogens is 455 g/mol. The Balaban J connectivity index is 1.48. The lowest BCUT2D eigenvalue weighted by Crippen LogP contribution is -2.52. The van der Waals surface area contributed by atoms with E-state index in [9.17, 15) is 28.0 Å². The molecule has 2 aliphatic heterocycles. The molecule has 2 aromatic rings. The first-order valence-corrected chi connectivity index (χ1v) is 10.6. The number of imide groups is 1. The summed E-state index contributed by atoms with van der Waals surface area (Å²) >= 11 is 5.72. The molecule has 1 unspecified atom stereocenters. The van der Waals surface area contributed by atoms with Crippen molar-refractivity contribution >= 4 is 48.5 Å². The molecule has 2 heterocycles. The molecule has 0 spiro atoms. The molecule has 0 saturated carbocycles. The fourth-order valence-corrected chi connectivity index (χ4v) is 4.31. The number of fused-ring (bicyclic) bond motifs is 1. The minimum Gasteiger partial charge on any atom is -0.346 e. The molecule has 33 heavy (non-hydrogen) atoms. The van der Waals surface area contributed by atoms with Crippen molar-refractivity contribution in [3.8, 4) is 0 Å². The van der Waals surface area contributed by atoms with Crippen molar-refractivity contribution in [1.29, 1.82) is 0 Å². The number of halogens is 3. The Labute approximate surface area is 193 Å². The highest BCUT2D eigenvalue weighted by molar-refractivity contribution is 6.37. The highest BCUT2D eigenvalue weighted by Crippen LogP contribution is 2.30. The van der Waals surface area contributed by atoms with Crippen LogP contribution in [-0.2, 0) is 33.4 Å². The molecule has 0 aliphatic carbocycles. The molecule has 0 bridgehead atoms. The van der Waals surface area contributed by atoms with Crippen molar-refractivity contribution in [3.05, 3.63) is 63.7 Å². The number of carbonyl (C=O) groups excluding carboxylic acids is 4. The first-order chi connectivity index (χ1) is 15.6. The Hall–Kier alpha value is -3.27. The van der Waals surface area contributed by atoms with E-state index < -0.39 is 29.3 Å². The van der Waals surface area contributed by atoms with Gasteiger partial charge in [-0.25, -0.2) is 0 Å². The molecule has 170 valence electrons. The SMILES string of the molecule is Bc1cc(CNC(=O)C(F)(F)c2ccc(Cl)cc2)cc2c1C(=O)N(C1CCC(=O)NC1=O)C2. The topological polar surface area (TPSA) is 95.6 Å². The summed E-state index contributed by atoms with van der Waals surface area (Å²) in [6, 6.07) is 7.31. The third-order valence-electron chi connectivity index (χ3n) is 5.82. The second-order valence-electron chi connectivity index (χ2n) is 8.11. The molecule has 2 aliphatic rings. The molecule has 0 radical (unpaired) electrons. The van der Waals surface area contributed by atoms with Gasteiger partial charge in [0.1, 0.15) is 13.9 Å². The summed E-state index contributed by atoms with van der Waals surface area (Å²) in [6.45, 7) is -0.00720. The molecule has 0 aromatic heterocycles. The van der Waals surface area contributed by atoms with Crippen LogP contribution in [0, 0.1) is 0 Å². The van der Waals surface area contributed by atoms with Gasteiger partial charge in [-0.3, -0.25) is 24.5 Å². The van der Waals surface area contributed by atoms with Gasteiger partial charge in [0.2, 0.25) is 11.8 Å². The highest BCUT2D eigenvalue weighted by atomic mass is 35.5. The number of carbonyl (C=O) groups is 4. The Morgan fingerprint density at radius 3 is 2.58 bits per heavy atom. The number of nitrogens with zero attached hydrogens (tertiary/aromatic N) is 1. The molecule has 4 amide bonds. The van der Waals surface area contributed by atoms with Crippen molar-refractivity contribution in [1.82, 2.24) is 15.5 Å². The number of rotatable bonds is 5. The van der Waals surface area contributed by atoms with Gasteiger partial charge < -0.3 is 10.2 Å². The Kier molecular flexibility index (Phi) is 5.96. The summed E-state index contributed by atoms with van der Waals surface area (Å²) in [5, 5.41) is 4.77. The quantitative estimate of drug-likeness (QED) is 0.495. The number of alkyl halides is 2. The molecule has 2 N–H and O–H groups in total. The monoisotopic (exact) mass is 473 g/mol. The molecule has 1 atom stereocenters. The minimum atomic E-state index is -3.74. The fraction of sp³-hybridized carbons (Fsp3) is 0.273. The standard InChI is InChI=1S/C22H19BClF2N3O4/c23-15-8-11(9-27-21(33)22(25,26)13-1-3-14(24)4-2-13)7-12-10-29(20(32)18(12)15)16-5-6-17(30)28-19(16)31/h1-4,7-8,16H,5-6,9-10,23H2,(H,27,33)(H,28,30,31). The third-order valence-corrected chi connectivity index (χ3v) is 6.08. The predicted octanol–water partition coefficient (Wildman–Crippen LogP) is 0.768. The van der Waals surface area contributed by atoms with E-state index in [0.717, 1.165) is 12.1 Å². The van der Waals surface area contributed by atoms with E-state index >= 15 is 0 Å². The number of amides is 4. The number of hydrogen-bond acceptors (Lipinski definition) is 4. The van der Waals surface area contributed by atoms with E-state index in [1.54, 1.807) is 20.0 Å². The van der Waals surface area contributed by atoms with Crippen LogP contribution in [0.15, 0.2) is 36.4 Å². The molecule has 11 heteroatoms. The summed E-state index contributed by atoms with van der Waals surface area (Å²) in [5.41, 5.74) is 1.77. The van der Waals surface area contributed by atoms with Gasteiger partial charge in [0, 0.05) is 35.7 Å². The van der Waals surface area contributed by atoms with Gasteiger partial charge in [-0.05, 0) is 29.7 Å². The molecule has 4 rings (SSSR count). The smallest absolute Gasteiger partial charge is 0.346 e. The fourth-order valence-electron chi connectivity index (χ4n) is 4.19. The van der Waals surface area contributed by atoms with Crippen molar-refractivity contribution in [2.75, 3.05) is 0 Å². The average Bonchev–Trinajstić information content (AvgIpc) is 3.08. The van der Waals surface area contributed by atoms with Gasteiger partial charge in [0.15, 0.2) is 0 Å². The van der Waals surface area contributed by atoms with E-state index in [1.807, 2.05) is 0 Å². The summed E-state index contributed by atoms with van der Waals surface area (Å²) < 4.78 is 29.0. The summed E-state index contributed by atoms with van der Waals surface area (Å²) in [4.78, 5) is 50.1. The summed E-state index contributed by atoms with van der Waals surface area (Å²) in [6.07, 6.45) is 0.390. The molecule has 2 aromatic carbocycles. The first-order valence-electron chi connectivity index (χ1n) is 10.3. The lowest BCUT2D eigenvalue weighted by molar-refractivity contribution is -0.147. The largest absolute Gasteiger partial charge is 0.349 e. The summed E-state index contributed by atoms with van der Waals surface area (Å²) in [7, 11) is 1.71. The minimum absolute atomic E-state index is 0.147. The normalized spacial score (nSPS) is 18.2. The Bertz CT molecular complexity index is 1170. The van der Waals surface area contributed by atoms with Crippen LogP contribution in [0.5, 0.6) is 0 Å². The van der Waals surface area contributed by atoms with Gasteiger partial charge in [-0.1, -0.05) is 41.3 Å². The van der Waals surface area contributed by atoms with E-state index in [2.05, 4.69) is 10.6 Å². The Morgan fingerprint density at radius 1 is 1.21 bits per heavy atom. The van der Waals surface area contributed by atoms with E-state index in [0.29, 0.717) is 22.2 Å². The van der Waals surface area contributed by atoms with Crippen LogP contribution in [0.25, 0.3) is 0 Å². The van der Waals surface area contributed by atoms with Crippen molar-refractivity contribution in [2.24, 2.45) is 0 Å². The predicted molar refractivity (Wildman–Crippen MR) is 118 cm³/mol. The maximum atomic E-state index is 14.5. The lowest BCUT2D eigenvalue weighted by Gasteiger charge is -2.29. The zero-order valence-corrected chi connectivity index (χ0v) is 18.3. The maximum absolute atomic E-state index is 14.5. The van der Waals surface area contributed by atoms with Crippen molar-refractivity contribution < 1.29 is 28.0 Å². The van der Waals surface area contributed by atoms with Crippen molar-refractivity contribution in [3.63, 3.8) is 0 Å². The van der Waals surface area contributed by atoms with E-state index in [4.69, 9.17) is 11.6 Å². The van der Waals surface area contributed by atoms with Crippen LogP contribution >= 0.6 is 11.6 Å². The first kappa shape index (κ1) is 22.9. The molecule has 1 fully saturated rings. The highest BCUT2D eigenvalue weighted by Gasteiger charge is 2.41. The van der Waals surface area contributed by atoms with Crippen LogP contribution in [-0.4, -0.2) is 42.4 Å². The van der Waals surface area contributed by atoms with Gasteiger partial charge in [-0.15, -0.1) is 0 Å². The maximum Gasteiger partial charge on any atom is 0.349 e. The van der Waals surface area contributed by atoms with Crippen LogP contribution in [0.1, 0.15) is 39.9 Å². The summed E-state index contributed by atoms with van der Waals surface area (Å²) in [5.74, 6) is -6.40. The number of nitrogens with one attached hydrogen (secondary N) is 2. The van der Waals surface area contributed by atoms with Crippen LogP contribution < -0.4 is 16.1 Å². The molecule has 1 saturated heterocycles. The number of benzene rings is 2. The number of piperidine rings is 1. The second kappa shape index (κ2) is 8.59. The van der Waals surface area contributed by atoms with Gasteiger partial charge in [-0.2, -0.15) is 8.78 Å². The van der Waals surface area contributed by atoms with Crippen LogP contribution in [0.2, 0.25) is 5.02 Å². The zero-order chi connectivity index (χ0) is 23.9. The second-order valence-corrected chi connectivity index (χ2v) is 8.55. The molecule has 7 nitrogen and oxygen atoms in total.